The van der Waals surface area contributed by atoms with Crippen molar-refractivity contribution in [2.45, 2.75) is 0 Å². The van der Waals surface area contributed by atoms with Crippen molar-refractivity contribution in [2.24, 2.45) is 5.73 Å². The summed E-state index contributed by atoms with van der Waals surface area (Å²) < 4.78 is 0. The molecule has 0 saturated heterocycles. The van der Waals surface area contributed by atoms with E-state index in [2.05, 4.69) is 5.32 Å². The number of nitro benzene ring substituents is 1. The van der Waals surface area contributed by atoms with Crippen LogP contribution in [0.4, 0.5) is 11.4 Å². The van der Waals surface area contributed by atoms with E-state index in [1.165, 1.54) is 12.1 Å². The zero-order valence-electron chi connectivity index (χ0n) is 10.1. The van der Waals surface area contributed by atoms with Crippen LogP contribution < -0.4 is 11.1 Å². The third-order valence-electron chi connectivity index (χ3n) is 2.30. The molecule has 0 fully saturated rings. The fourth-order valence-corrected chi connectivity index (χ4v) is 1.47. The van der Waals surface area contributed by atoms with Gasteiger partial charge in [0.2, 0.25) is 5.91 Å². The molecule has 0 heterocycles. The van der Waals surface area contributed by atoms with Crippen LogP contribution in [0.15, 0.2) is 24.3 Å². The van der Waals surface area contributed by atoms with Gasteiger partial charge in [-0.25, -0.2) is 0 Å². The Hall–Kier alpha value is -1.99. The van der Waals surface area contributed by atoms with Gasteiger partial charge in [-0.15, -0.1) is 0 Å². The van der Waals surface area contributed by atoms with E-state index in [0.29, 0.717) is 13.1 Å². The Bertz CT molecular complexity index is 436. The Morgan fingerprint density at radius 2 is 2.17 bits per heavy atom. The number of likely N-dealkylation sites (N-methyl/N-ethyl adjacent to an activating group) is 1. The second-order valence-corrected chi connectivity index (χ2v) is 3.85. The Balaban J connectivity index is 2.67. The quantitative estimate of drug-likeness (QED) is 0.564. The number of nitrogens with two attached hydrogens (primary N) is 1. The van der Waals surface area contributed by atoms with Crippen LogP contribution in [0, 0.1) is 10.1 Å². The predicted molar refractivity (Wildman–Crippen MR) is 68.3 cm³/mol. The standard InChI is InChI=1S/C11H16N4O3/c1-14(7-6-12)8-11(16)13-9-4-2-3-5-10(9)15(17)18/h2-5H,6-8,12H2,1H3,(H,13,16). The van der Waals surface area contributed by atoms with Crippen LogP contribution in [0.1, 0.15) is 0 Å². The minimum absolute atomic E-state index is 0.118. The molecule has 0 aromatic heterocycles. The van der Waals surface area contributed by atoms with Crippen molar-refractivity contribution in [3.8, 4) is 0 Å². The van der Waals surface area contributed by atoms with E-state index in [4.69, 9.17) is 5.73 Å². The summed E-state index contributed by atoms with van der Waals surface area (Å²) in [5.41, 5.74) is 5.44. The number of para-hydroxylation sites is 2. The van der Waals surface area contributed by atoms with E-state index < -0.39 is 4.92 Å². The summed E-state index contributed by atoms with van der Waals surface area (Å²) in [6.45, 7) is 1.18. The molecule has 1 aromatic rings. The second-order valence-electron chi connectivity index (χ2n) is 3.85. The Morgan fingerprint density at radius 1 is 1.50 bits per heavy atom. The molecule has 0 aliphatic rings. The highest BCUT2D eigenvalue weighted by Crippen LogP contribution is 2.22. The minimum Gasteiger partial charge on any atom is -0.329 e. The van der Waals surface area contributed by atoms with E-state index >= 15 is 0 Å². The molecule has 0 saturated carbocycles. The molecule has 0 bridgehead atoms. The average molecular weight is 252 g/mol. The molecule has 1 amide bonds. The Morgan fingerprint density at radius 3 is 2.78 bits per heavy atom. The lowest BCUT2D eigenvalue weighted by Gasteiger charge is -2.14. The average Bonchev–Trinajstić information content (AvgIpc) is 2.29. The van der Waals surface area contributed by atoms with Gasteiger partial charge in [-0.3, -0.25) is 19.8 Å². The largest absolute Gasteiger partial charge is 0.329 e. The number of hydrogen-bond acceptors (Lipinski definition) is 5. The lowest BCUT2D eigenvalue weighted by molar-refractivity contribution is -0.383. The van der Waals surface area contributed by atoms with Gasteiger partial charge < -0.3 is 11.1 Å². The smallest absolute Gasteiger partial charge is 0.292 e. The van der Waals surface area contributed by atoms with Crippen LogP contribution in [0.3, 0.4) is 0 Å². The fourth-order valence-electron chi connectivity index (χ4n) is 1.47. The van der Waals surface area contributed by atoms with Gasteiger partial charge in [0.15, 0.2) is 0 Å². The van der Waals surface area contributed by atoms with Crippen LogP contribution >= 0.6 is 0 Å². The molecule has 0 atom stereocenters. The Kier molecular flexibility index (Phi) is 5.22. The molecule has 98 valence electrons. The maximum absolute atomic E-state index is 11.7. The topological polar surface area (TPSA) is 102 Å². The van der Waals surface area contributed by atoms with E-state index in [0.717, 1.165) is 0 Å². The fraction of sp³-hybridized carbons (Fsp3) is 0.364. The molecule has 3 N–H and O–H groups in total. The van der Waals surface area contributed by atoms with Gasteiger partial charge in [-0.2, -0.15) is 0 Å². The Labute approximate surface area is 105 Å². The van der Waals surface area contributed by atoms with Gasteiger partial charge in [0.25, 0.3) is 5.69 Å². The van der Waals surface area contributed by atoms with Gasteiger partial charge in [-0.1, -0.05) is 12.1 Å². The first-order valence-corrected chi connectivity index (χ1v) is 5.46. The number of nitrogens with one attached hydrogen (secondary N) is 1. The van der Waals surface area contributed by atoms with Crippen LogP contribution in [-0.4, -0.2) is 42.4 Å². The molecular weight excluding hydrogens is 236 g/mol. The highest BCUT2D eigenvalue weighted by molar-refractivity contribution is 5.94. The molecule has 1 rings (SSSR count). The van der Waals surface area contributed by atoms with Gasteiger partial charge in [0.1, 0.15) is 5.69 Å². The normalized spacial score (nSPS) is 10.4. The summed E-state index contributed by atoms with van der Waals surface area (Å²) in [7, 11) is 1.76. The van der Waals surface area contributed by atoms with Gasteiger partial charge in [0, 0.05) is 19.2 Å². The predicted octanol–water partition coefficient (Wildman–Crippen LogP) is 0.424. The van der Waals surface area contributed by atoms with Gasteiger partial charge >= 0.3 is 0 Å². The lowest BCUT2D eigenvalue weighted by atomic mass is 10.2. The van der Waals surface area contributed by atoms with Gasteiger partial charge in [-0.05, 0) is 13.1 Å². The lowest BCUT2D eigenvalue weighted by Crippen LogP contribution is -2.33. The summed E-state index contributed by atoms with van der Waals surface area (Å²) in [5.74, 6) is -0.305. The second kappa shape index (κ2) is 6.67. The molecule has 7 heteroatoms. The molecule has 18 heavy (non-hydrogen) atoms. The zero-order chi connectivity index (χ0) is 13.5. The number of anilines is 1. The first-order valence-electron chi connectivity index (χ1n) is 5.46. The maximum atomic E-state index is 11.7. The highest BCUT2D eigenvalue weighted by Gasteiger charge is 2.15. The van der Waals surface area contributed by atoms with Crippen LogP contribution in [0.25, 0.3) is 0 Å². The number of rotatable bonds is 6. The molecule has 0 aliphatic heterocycles. The monoisotopic (exact) mass is 252 g/mol. The van der Waals surface area contributed by atoms with Crippen LogP contribution in [0.2, 0.25) is 0 Å². The summed E-state index contributed by atoms with van der Waals surface area (Å²) in [5, 5.41) is 13.3. The first-order chi connectivity index (χ1) is 8.54. The molecule has 1 aromatic carbocycles. The number of amides is 1. The molecule has 7 nitrogen and oxygen atoms in total. The third-order valence-corrected chi connectivity index (χ3v) is 2.30. The van der Waals surface area contributed by atoms with E-state index in [1.807, 2.05) is 0 Å². The number of nitrogens with zero attached hydrogens (tertiary/aromatic N) is 2. The minimum atomic E-state index is -0.529. The molecule has 0 aliphatic carbocycles. The number of carbonyl (C=O) groups is 1. The van der Waals surface area contributed by atoms with E-state index in [9.17, 15) is 14.9 Å². The molecule has 0 spiro atoms. The summed E-state index contributed by atoms with van der Waals surface area (Å²) in [4.78, 5) is 23.6. The number of carbonyl (C=O) groups excluding carboxylic acids is 1. The zero-order valence-corrected chi connectivity index (χ0v) is 10.1. The van der Waals surface area contributed by atoms with Crippen LogP contribution in [-0.2, 0) is 4.79 Å². The summed E-state index contributed by atoms with van der Waals surface area (Å²) in [6, 6.07) is 6.03. The van der Waals surface area contributed by atoms with Gasteiger partial charge in [0.05, 0.1) is 11.5 Å². The van der Waals surface area contributed by atoms with Crippen molar-refractivity contribution >= 4 is 17.3 Å². The van der Waals surface area contributed by atoms with E-state index in [1.54, 1.807) is 24.1 Å². The van der Waals surface area contributed by atoms with Crippen molar-refractivity contribution in [2.75, 3.05) is 32.0 Å². The SMILES string of the molecule is CN(CCN)CC(=O)Nc1ccccc1[N+](=O)[O-]. The summed E-state index contributed by atoms with van der Waals surface area (Å²) >= 11 is 0. The number of benzene rings is 1. The molecule has 0 radical (unpaired) electrons. The van der Waals surface area contributed by atoms with Crippen molar-refractivity contribution in [1.82, 2.24) is 4.90 Å². The first kappa shape index (κ1) is 14.1. The van der Waals surface area contributed by atoms with Crippen LogP contribution in [0.5, 0.6) is 0 Å². The maximum Gasteiger partial charge on any atom is 0.292 e. The van der Waals surface area contributed by atoms with Crippen molar-refractivity contribution < 1.29 is 9.72 Å². The highest BCUT2D eigenvalue weighted by atomic mass is 16.6. The molecule has 0 unspecified atom stereocenters. The van der Waals surface area contributed by atoms with Crippen molar-refractivity contribution in [3.05, 3.63) is 34.4 Å². The number of nitro groups is 1. The van der Waals surface area contributed by atoms with Crippen molar-refractivity contribution in [3.63, 3.8) is 0 Å². The number of hydrogen-bond donors (Lipinski definition) is 2. The van der Waals surface area contributed by atoms with E-state index in [-0.39, 0.29) is 23.8 Å². The molecular formula is C11H16N4O3. The van der Waals surface area contributed by atoms with Crippen molar-refractivity contribution in [1.29, 1.82) is 0 Å². The summed E-state index contributed by atoms with van der Waals surface area (Å²) in [6.07, 6.45) is 0. The third kappa shape index (κ3) is 4.11.